The molecule has 0 unspecified atom stereocenters. The maximum absolute atomic E-state index is 13.3. The van der Waals surface area contributed by atoms with Gasteiger partial charge in [0.1, 0.15) is 0 Å². The number of aliphatic hydroxyl groups is 1. The van der Waals surface area contributed by atoms with Crippen molar-refractivity contribution in [1.29, 1.82) is 0 Å². The lowest BCUT2D eigenvalue weighted by atomic mass is 9.83. The Hall–Kier alpha value is -1.24. The Morgan fingerprint density at radius 2 is 1.14 bits per heavy atom. The smallest absolute Gasteiger partial charge is 0.369 e. The van der Waals surface area contributed by atoms with E-state index in [1.165, 1.54) is 0 Å². The van der Waals surface area contributed by atoms with Gasteiger partial charge in [-0.3, -0.25) is 0 Å². The van der Waals surface area contributed by atoms with Crippen molar-refractivity contribution in [2.24, 2.45) is 0 Å². The summed E-state index contributed by atoms with van der Waals surface area (Å²) in [5.74, 6) is 0. The molecule has 0 aliphatic heterocycles. The Balaban J connectivity index is 3.56. The van der Waals surface area contributed by atoms with E-state index < -0.39 is 23.5 Å². The molecule has 0 atom stereocenters. The van der Waals surface area contributed by atoms with E-state index in [2.05, 4.69) is 6.92 Å². The van der Waals surface area contributed by atoms with Gasteiger partial charge in [0.2, 0.25) is 0 Å². The third-order valence-electron chi connectivity index (χ3n) is 4.99. The van der Waals surface area contributed by atoms with Crippen molar-refractivity contribution in [3.63, 3.8) is 0 Å². The van der Waals surface area contributed by atoms with Crippen molar-refractivity contribution in [2.75, 3.05) is 0 Å². The van der Waals surface area contributed by atoms with Crippen LogP contribution in [0.1, 0.15) is 81.5 Å². The SMILES string of the molecule is CCCCCCc1c(CCC)cc(C(O)(C(F)(F)F)C(F)(F)F)cc1CCC. The first-order valence-electron chi connectivity index (χ1n) is 9.94. The predicted molar refractivity (Wildman–Crippen MR) is 98.3 cm³/mol. The van der Waals surface area contributed by atoms with Gasteiger partial charge < -0.3 is 5.11 Å². The van der Waals surface area contributed by atoms with E-state index in [4.69, 9.17) is 0 Å². The Labute approximate surface area is 163 Å². The number of alkyl halides is 6. The molecule has 7 heteroatoms. The van der Waals surface area contributed by atoms with E-state index in [9.17, 15) is 31.4 Å². The number of unbranched alkanes of at least 4 members (excludes halogenated alkanes) is 3. The van der Waals surface area contributed by atoms with Crippen LogP contribution >= 0.6 is 0 Å². The Bertz CT molecular complexity index is 577. The summed E-state index contributed by atoms with van der Waals surface area (Å²) in [5, 5.41) is 9.83. The van der Waals surface area contributed by atoms with Gasteiger partial charge in [-0.2, -0.15) is 26.3 Å². The second-order valence-corrected chi connectivity index (χ2v) is 7.29. The number of aryl methyl sites for hydroxylation is 2. The normalized spacial score (nSPS) is 13.2. The van der Waals surface area contributed by atoms with E-state index in [-0.39, 0.29) is 0 Å². The first-order chi connectivity index (χ1) is 12.9. The summed E-state index contributed by atoms with van der Waals surface area (Å²) in [6.45, 7) is 5.72. The van der Waals surface area contributed by atoms with Crippen LogP contribution in [0.15, 0.2) is 12.1 Å². The van der Waals surface area contributed by atoms with Gasteiger partial charge in [-0.05, 0) is 42.4 Å². The topological polar surface area (TPSA) is 20.2 Å². The monoisotopic (exact) mass is 412 g/mol. The van der Waals surface area contributed by atoms with Gasteiger partial charge in [-0.25, -0.2) is 0 Å². The van der Waals surface area contributed by atoms with Gasteiger partial charge in [0.15, 0.2) is 0 Å². The lowest BCUT2D eigenvalue weighted by molar-refractivity contribution is -0.376. The fourth-order valence-electron chi connectivity index (χ4n) is 3.53. The van der Waals surface area contributed by atoms with Crippen molar-refractivity contribution in [1.82, 2.24) is 0 Å². The van der Waals surface area contributed by atoms with Crippen LogP contribution in [0, 0.1) is 0 Å². The maximum Gasteiger partial charge on any atom is 0.430 e. The molecule has 162 valence electrons. The molecule has 1 aromatic carbocycles. The van der Waals surface area contributed by atoms with Crippen LogP contribution in [-0.2, 0) is 24.9 Å². The quantitative estimate of drug-likeness (QED) is 0.323. The molecule has 0 aromatic heterocycles. The van der Waals surface area contributed by atoms with Crippen LogP contribution in [0.2, 0.25) is 0 Å². The molecule has 0 spiro atoms. The van der Waals surface area contributed by atoms with Gasteiger partial charge in [-0.15, -0.1) is 0 Å². The van der Waals surface area contributed by atoms with Crippen molar-refractivity contribution < 1.29 is 31.4 Å². The van der Waals surface area contributed by atoms with Gasteiger partial charge in [0, 0.05) is 5.56 Å². The number of rotatable bonds is 10. The predicted octanol–water partition coefficient (Wildman–Crippen LogP) is 7.03. The summed E-state index contributed by atoms with van der Waals surface area (Å²) in [6, 6.07) is 1.83. The largest absolute Gasteiger partial charge is 0.430 e. The van der Waals surface area contributed by atoms with Crippen molar-refractivity contribution in [2.45, 2.75) is 96.5 Å². The average Bonchev–Trinajstić information content (AvgIpc) is 2.57. The van der Waals surface area contributed by atoms with Crippen molar-refractivity contribution >= 4 is 0 Å². The van der Waals surface area contributed by atoms with Crippen LogP contribution in [0.3, 0.4) is 0 Å². The molecule has 1 nitrogen and oxygen atoms in total. The summed E-state index contributed by atoms with van der Waals surface area (Å²) in [7, 11) is 0. The number of benzene rings is 1. The molecule has 0 heterocycles. The molecule has 0 saturated heterocycles. The molecule has 0 bridgehead atoms. The zero-order valence-electron chi connectivity index (χ0n) is 16.7. The fraction of sp³-hybridized carbons (Fsp3) is 0.714. The van der Waals surface area contributed by atoms with E-state index >= 15 is 0 Å². The van der Waals surface area contributed by atoms with Crippen LogP contribution in [0.25, 0.3) is 0 Å². The summed E-state index contributed by atoms with van der Waals surface area (Å²) in [6.07, 6.45) is -5.30. The highest BCUT2D eigenvalue weighted by Crippen LogP contribution is 2.50. The zero-order valence-corrected chi connectivity index (χ0v) is 16.7. The fourth-order valence-corrected chi connectivity index (χ4v) is 3.53. The van der Waals surface area contributed by atoms with Crippen LogP contribution in [-0.4, -0.2) is 17.5 Å². The summed E-state index contributed by atoms with van der Waals surface area (Å²) < 4.78 is 80.0. The molecule has 0 aliphatic rings. The lowest BCUT2D eigenvalue weighted by Gasteiger charge is -2.34. The van der Waals surface area contributed by atoms with Crippen molar-refractivity contribution in [3.05, 3.63) is 34.4 Å². The van der Waals surface area contributed by atoms with Crippen molar-refractivity contribution in [3.8, 4) is 0 Å². The minimum atomic E-state index is -5.86. The molecule has 0 radical (unpaired) electrons. The summed E-state index contributed by atoms with van der Waals surface area (Å²) in [4.78, 5) is 0. The number of halogens is 6. The third-order valence-corrected chi connectivity index (χ3v) is 4.99. The van der Waals surface area contributed by atoms with E-state index in [0.29, 0.717) is 43.2 Å². The molecule has 0 amide bonds. The summed E-state index contributed by atoms with van der Waals surface area (Å²) >= 11 is 0. The van der Waals surface area contributed by atoms with E-state index in [0.717, 1.165) is 43.4 Å². The molecular weight excluding hydrogens is 382 g/mol. The van der Waals surface area contributed by atoms with Crippen LogP contribution in [0.5, 0.6) is 0 Å². The number of hydrogen-bond acceptors (Lipinski definition) is 1. The molecule has 1 rings (SSSR count). The highest BCUT2D eigenvalue weighted by molar-refractivity contribution is 5.43. The highest BCUT2D eigenvalue weighted by Gasteiger charge is 2.71. The van der Waals surface area contributed by atoms with Gasteiger partial charge in [0.25, 0.3) is 5.60 Å². The van der Waals surface area contributed by atoms with Gasteiger partial charge in [0.05, 0.1) is 0 Å². The Kier molecular flexibility index (Phi) is 8.85. The van der Waals surface area contributed by atoms with E-state index in [1.54, 1.807) is 0 Å². The molecule has 28 heavy (non-hydrogen) atoms. The zero-order chi connectivity index (χ0) is 21.6. The van der Waals surface area contributed by atoms with E-state index in [1.807, 2.05) is 13.8 Å². The molecule has 1 aromatic rings. The molecule has 1 N–H and O–H groups in total. The molecule has 0 saturated carbocycles. The number of hydrogen-bond donors (Lipinski definition) is 1. The maximum atomic E-state index is 13.3. The first-order valence-corrected chi connectivity index (χ1v) is 9.94. The molecular formula is C21H30F6O. The Morgan fingerprint density at radius 3 is 1.50 bits per heavy atom. The lowest BCUT2D eigenvalue weighted by Crippen LogP contribution is -2.54. The first kappa shape index (κ1) is 24.8. The second-order valence-electron chi connectivity index (χ2n) is 7.29. The standard InChI is InChI=1S/C21H30F6O/c1-4-7-8-9-12-18-15(10-5-2)13-17(14-16(18)11-6-3)19(28,20(22,23)24)21(25,26)27/h13-14,28H,4-12H2,1-3H3. The minimum absolute atomic E-state index is 0.374. The summed E-state index contributed by atoms with van der Waals surface area (Å²) in [5.41, 5.74) is -4.20. The second kappa shape index (κ2) is 9.99. The average molecular weight is 412 g/mol. The van der Waals surface area contributed by atoms with Crippen LogP contribution < -0.4 is 0 Å². The molecule has 0 fully saturated rings. The van der Waals surface area contributed by atoms with Gasteiger partial charge in [-0.1, -0.05) is 65.0 Å². The Morgan fingerprint density at radius 1 is 0.679 bits per heavy atom. The third kappa shape index (κ3) is 5.43. The van der Waals surface area contributed by atoms with Gasteiger partial charge >= 0.3 is 12.4 Å². The highest BCUT2D eigenvalue weighted by atomic mass is 19.4. The minimum Gasteiger partial charge on any atom is -0.369 e. The van der Waals surface area contributed by atoms with Crippen LogP contribution in [0.4, 0.5) is 26.3 Å². The molecule has 0 aliphatic carbocycles.